The molecule has 4 heteroatoms. The van der Waals surface area contributed by atoms with E-state index < -0.39 is 5.97 Å². The number of fused-ring (bicyclic) bond motifs is 1. The summed E-state index contributed by atoms with van der Waals surface area (Å²) in [6.07, 6.45) is 4.11. The lowest BCUT2D eigenvalue weighted by Gasteiger charge is -2.29. The zero-order chi connectivity index (χ0) is 19.6. The highest BCUT2D eigenvalue weighted by Gasteiger charge is 2.33. The molecule has 1 aromatic heterocycles. The van der Waals surface area contributed by atoms with E-state index >= 15 is 0 Å². The van der Waals surface area contributed by atoms with Crippen molar-refractivity contribution in [2.24, 2.45) is 11.3 Å². The van der Waals surface area contributed by atoms with Crippen molar-refractivity contribution in [1.29, 1.82) is 0 Å². The molecule has 0 saturated heterocycles. The van der Waals surface area contributed by atoms with Gasteiger partial charge in [0.1, 0.15) is 0 Å². The molecule has 0 aliphatic heterocycles. The first-order valence-electron chi connectivity index (χ1n) is 9.95. The zero-order valence-corrected chi connectivity index (χ0v) is 17.7. The maximum Gasteiger partial charge on any atom is 0.337 e. The first-order chi connectivity index (χ1) is 12.8. The third-order valence-electron chi connectivity index (χ3n) is 5.46. The summed E-state index contributed by atoms with van der Waals surface area (Å²) in [5.74, 6) is -0.110. The van der Waals surface area contributed by atoms with E-state index in [2.05, 4.69) is 45.1 Å². The monoisotopic (exact) mass is 385 g/mol. The fraction of sp³-hybridized carbons (Fsp3) is 0.522. The second-order valence-corrected chi connectivity index (χ2v) is 9.98. The van der Waals surface area contributed by atoms with Crippen molar-refractivity contribution < 1.29 is 9.90 Å². The average molecular weight is 386 g/mol. The maximum absolute atomic E-state index is 12.2. The fourth-order valence-corrected chi connectivity index (χ4v) is 5.22. The number of aryl methyl sites for hydroxylation is 1. The number of carboxylic acids is 1. The number of rotatable bonds is 7. The van der Waals surface area contributed by atoms with Crippen LogP contribution >= 0.6 is 11.3 Å². The third kappa shape index (κ3) is 4.61. The fourth-order valence-electron chi connectivity index (χ4n) is 3.85. The molecule has 0 atom stereocenters. The van der Waals surface area contributed by atoms with E-state index in [1.165, 1.54) is 10.4 Å². The van der Waals surface area contributed by atoms with E-state index in [1.54, 1.807) is 11.3 Å². The Hall–Kier alpha value is -1.65. The van der Waals surface area contributed by atoms with Gasteiger partial charge in [-0.2, -0.15) is 0 Å². The Bertz CT molecular complexity index is 820. The van der Waals surface area contributed by atoms with Crippen molar-refractivity contribution in [3.63, 3.8) is 0 Å². The number of hydrogen-bond acceptors (Lipinski definition) is 3. The predicted molar refractivity (Wildman–Crippen MR) is 114 cm³/mol. The van der Waals surface area contributed by atoms with Gasteiger partial charge in [0, 0.05) is 16.3 Å². The Morgan fingerprint density at radius 2 is 2.04 bits per heavy atom. The van der Waals surface area contributed by atoms with Gasteiger partial charge in [-0.3, -0.25) is 0 Å². The standard InChI is InChI=1S/C23H31NO2S/c1-15(2)10-12-24-14-16-7-5-6-8-17(16)21-20(22(25)26)18-13-23(3,4)11-9-19(18)27-21/h5-8,15,24H,9-14H2,1-4H3,(H,25,26). The molecule has 1 aliphatic carbocycles. The van der Waals surface area contributed by atoms with Gasteiger partial charge in [0.2, 0.25) is 0 Å². The van der Waals surface area contributed by atoms with Crippen LogP contribution in [0.1, 0.15) is 66.9 Å². The molecule has 1 heterocycles. The quantitative estimate of drug-likeness (QED) is 0.595. The molecule has 0 bridgehead atoms. The van der Waals surface area contributed by atoms with Crippen LogP contribution in [0.25, 0.3) is 10.4 Å². The first kappa shape index (κ1) is 20.1. The Labute approximate surface area is 166 Å². The number of nitrogens with one attached hydrogen (secondary N) is 1. The van der Waals surface area contributed by atoms with Gasteiger partial charge >= 0.3 is 5.97 Å². The largest absolute Gasteiger partial charge is 0.478 e. The molecule has 27 heavy (non-hydrogen) atoms. The van der Waals surface area contributed by atoms with Gasteiger partial charge in [0.25, 0.3) is 0 Å². The third-order valence-corrected chi connectivity index (χ3v) is 6.79. The summed E-state index contributed by atoms with van der Waals surface area (Å²) in [6.45, 7) is 10.7. The number of thiophene rings is 1. The summed E-state index contributed by atoms with van der Waals surface area (Å²) in [6, 6.07) is 8.25. The Morgan fingerprint density at radius 1 is 1.30 bits per heavy atom. The van der Waals surface area contributed by atoms with Gasteiger partial charge in [-0.1, -0.05) is 52.0 Å². The molecular weight excluding hydrogens is 354 g/mol. The zero-order valence-electron chi connectivity index (χ0n) is 16.9. The average Bonchev–Trinajstić information content (AvgIpc) is 2.96. The van der Waals surface area contributed by atoms with Crippen LogP contribution in [0.5, 0.6) is 0 Å². The topological polar surface area (TPSA) is 49.3 Å². The number of carboxylic acid groups (broad SMARTS) is 1. The van der Waals surface area contributed by atoms with Gasteiger partial charge in [-0.15, -0.1) is 11.3 Å². The number of carbonyl (C=O) groups is 1. The van der Waals surface area contributed by atoms with Gasteiger partial charge in [0.05, 0.1) is 5.56 Å². The summed E-state index contributed by atoms with van der Waals surface area (Å²) in [5.41, 5.74) is 4.04. The Balaban J connectivity index is 1.95. The highest BCUT2D eigenvalue weighted by molar-refractivity contribution is 7.16. The van der Waals surface area contributed by atoms with Crippen molar-refractivity contribution in [1.82, 2.24) is 5.32 Å². The Kier molecular flexibility index (Phi) is 6.07. The summed E-state index contributed by atoms with van der Waals surface area (Å²) >= 11 is 1.69. The highest BCUT2D eigenvalue weighted by atomic mass is 32.1. The lowest BCUT2D eigenvalue weighted by Crippen LogP contribution is -2.22. The van der Waals surface area contributed by atoms with E-state index in [4.69, 9.17) is 0 Å². The second kappa shape index (κ2) is 8.15. The van der Waals surface area contributed by atoms with Gasteiger partial charge in [-0.05, 0) is 60.3 Å². The van der Waals surface area contributed by atoms with Crippen LogP contribution in [0, 0.1) is 11.3 Å². The molecular formula is C23H31NO2S. The minimum Gasteiger partial charge on any atom is -0.478 e. The molecule has 1 aromatic carbocycles. The van der Waals surface area contributed by atoms with Crippen LogP contribution in [0.4, 0.5) is 0 Å². The molecule has 0 spiro atoms. The smallest absolute Gasteiger partial charge is 0.337 e. The molecule has 0 fully saturated rings. The van der Waals surface area contributed by atoms with Crippen molar-refractivity contribution in [3.05, 3.63) is 45.8 Å². The Morgan fingerprint density at radius 3 is 2.74 bits per heavy atom. The summed E-state index contributed by atoms with van der Waals surface area (Å²) in [5, 5.41) is 13.5. The molecule has 0 amide bonds. The maximum atomic E-state index is 12.2. The molecule has 0 radical (unpaired) electrons. The molecule has 0 saturated carbocycles. The van der Waals surface area contributed by atoms with E-state index in [0.29, 0.717) is 11.5 Å². The van der Waals surface area contributed by atoms with E-state index in [1.807, 2.05) is 12.1 Å². The van der Waals surface area contributed by atoms with Crippen molar-refractivity contribution >= 4 is 17.3 Å². The van der Waals surface area contributed by atoms with Crippen LogP contribution < -0.4 is 5.32 Å². The van der Waals surface area contributed by atoms with Crippen LogP contribution in [-0.2, 0) is 19.4 Å². The minimum atomic E-state index is -0.789. The van der Waals surface area contributed by atoms with Crippen LogP contribution in [0.3, 0.4) is 0 Å². The summed E-state index contributed by atoms with van der Waals surface area (Å²) < 4.78 is 0. The van der Waals surface area contributed by atoms with Crippen LogP contribution in [0.15, 0.2) is 24.3 Å². The van der Waals surface area contributed by atoms with Crippen LogP contribution in [0.2, 0.25) is 0 Å². The molecule has 2 aromatic rings. The molecule has 3 nitrogen and oxygen atoms in total. The molecule has 0 unspecified atom stereocenters. The lowest BCUT2D eigenvalue weighted by molar-refractivity contribution is 0.0696. The van der Waals surface area contributed by atoms with E-state index in [9.17, 15) is 9.90 Å². The summed E-state index contributed by atoms with van der Waals surface area (Å²) in [7, 11) is 0. The van der Waals surface area contributed by atoms with E-state index in [0.717, 1.165) is 54.8 Å². The normalized spacial score (nSPS) is 15.7. The van der Waals surface area contributed by atoms with Crippen LogP contribution in [-0.4, -0.2) is 17.6 Å². The molecule has 146 valence electrons. The molecule has 2 N–H and O–H groups in total. The highest BCUT2D eigenvalue weighted by Crippen LogP contribution is 2.45. The lowest BCUT2D eigenvalue weighted by atomic mass is 9.76. The summed E-state index contributed by atoms with van der Waals surface area (Å²) in [4.78, 5) is 14.4. The van der Waals surface area contributed by atoms with Crippen molar-refractivity contribution in [2.45, 2.75) is 59.9 Å². The van der Waals surface area contributed by atoms with Crippen molar-refractivity contribution in [3.8, 4) is 10.4 Å². The first-order valence-corrected chi connectivity index (χ1v) is 10.8. The number of hydrogen-bond donors (Lipinski definition) is 2. The van der Waals surface area contributed by atoms with E-state index in [-0.39, 0.29) is 5.41 Å². The molecule has 1 aliphatic rings. The SMILES string of the molecule is CC(C)CCNCc1ccccc1-c1sc2c(c1C(=O)O)CC(C)(C)CC2. The van der Waals surface area contributed by atoms with Gasteiger partial charge in [0.15, 0.2) is 0 Å². The van der Waals surface area contributed by atoms with Crippen molar-refractivity contribution in [2.75, 3.05) is 6.54 Å². The van der Waals surface area contributed by atoms with Gasteiger partial charge in [-0.25, -0.2) is 4.79 Å². The second-order valence-electron chi connectivity index (χ2n) is 8.87. The minimum absolute atomic E-state index is 0.174. The van der Waals surface area contributed by atoms with Gasteiger partial charge < -0.3 is 10.4 Å². The predicted octanol–water partition coefficient (Wildman–Crippen LogP) is 5.76. The molecule has 3 rings (SSSR count). The number of benzene rings is 1. The number of aromatic carboxylic acids is 1.